The maximum absolute atomic E-state index is 2.34. The van der Waals surface area contributed by atoms with E-state index in [1.807, 2.05) is 0 Å². The summed E-state index contributed by atoms with van der Waals surface area (Å²) >= 11 is 0. The first kappa shape index (κ1) is 19.2. The fraction of sp³-hybridized carbons (Fsp3) is 0.700. The Morgan fingerprint density at radius 1 is 0.500 bits per heavy atom. The molecular weight excluding hydrogens is 240 g/mol. The van der Waals surface area contributed by atoms with Crippen LogP contribution in [0.2, 0.25) is 0 Å². The molecule has 0 bridgehead atoms. The molecule has 0 saturated carbocycles. The molecule has 0 aliphatic heterocycles. The summed E-state index contributed by atoms with van der Waals surface area (Å²) in [6, 6.07) is 0. The van der Waals surface area contributed by atoms with Gasteiger partial charge in [-0.1, -0.05) is 102 Å². The van der Waals surface area contributed by atoms with Crippen molar-refractivity contribution < 1.29 is 0 Å². The molecule has 20 heavy (non-hydrogen) atoms. The Morgan fingerprint density at radius 3 is 1.85 bits per heavy atom. The van der Waals surface area contributed by atoms with Crippen molar-refractivity contribution in [3.8, 4) is 0 Å². The average Bonchev–Trinajstić information content (AvgIpc) is 2.47. The third-order valence-electron chi connectivity index (χ3n) is 3.50. The first-order valence-corrected chi connectivity index (χ1v) is 8.88. The summed E-state index contributed by atoms with van der Waals surface area (Å²) in [5.41, 5.74) is 0. The molecule has 0 spiro atoms. The Kier molecular flexibility index (Phi) is 17.5. The van der Waals surface area contributed by atoms with E-state index in [1.165, 1.54) is 70.6 Å². The molecular formula is C20H36. The van der Waals surface area contributed by atoms with Crippen molar-refractivity contribution in [1.82, 2.24) is 0 Å². The molecule has 0 fully saturated rings. The lowest BCUT2D eigenvalue weighted by molar-refractivity contribution is 0.577. The van der Waals surface area contributed by atoms with Crippen LogP contribution in [0.3, 0.4) is 0 Å². The number of hydrogen-bond acceptors (Lipinski definition) is 0. The zero-order valence-corrected chi connectivity index (χ0v) is 13.9. The lowest BCUT2D eigenvalue weighted by atomic mass is 10.1. The van der Waals surface area contributed by atoms with Crippen molar-refractivity contribution in [2.45, 2.75) is 90.9 Å². The van der Waals surface area contributed by atoms with E-state index in [-0.39, 0.29) is 0 Å². The summed E-state index contributed by atoms with van der Waals surface area (Å²) in [5, 5.41) is 0. The van der Waals surface area contributed by atoms with Crippen molar-refractivity contribution >= 4 is 0 Å². The van der Waals surface area contributed by atoms with Crippen LogP contribution >= 0.6 is 0 Å². The molecule has 0 N–H and O–H groups in total. The Labute approximate surface area is 128 Å². The lowest BCUT2D eigenvalue weighted by Gasteiger charge is -1.99. The van der Waals surface area contributed by atoms with Crippen LogP contribution in [0.15, 0.2) is 36.5 Å². The van der Waals surface area contributed by atoms with Crippen LogP contribution in [0.1, 0.15) is 90.9 Å². The molecule has 0 heteroatoms. The molecule has 0 radical (unpaired) electrons. The van der Waals surface area contributed by atoms with Crippen LogP contribution in [0, 0.1) is 0 Å². The predicted octanol–water partition coefficient (Wildman–Crippen LogP) is 7.38. The Hall–Kier alpha value is -0.780. The molecule has 0 aromatic carbocycles. The van der Waals surface area contributed by atoms with Gasteiger partial charge in [-0.15, -0.1) is 0 Å². The maximum atomic E-state index is 2.34. The van der Waals surface area contributed by atoms with E-state index in [0.717, 1.165) is 6.42 Å². The van der Waals surface area contributed by atoms with Gasteiger partial charge in [0, 0.05) is 0 Å². The van der Waals surface area contributed by atoms with Crippen molar-refractivity contribution in [2.75, 3.05) is 0 Å². The number of hydrogen-bond donors (Lipinski definition) is 0. The maximum Gasteiger partial charge on any atom is -0.0166 e. The minimum absolute atomic E-state index is 1.08. The highest BCUT2D eigenvalue weighted by Gasteiger charge is 1.90. The van der Waals surface area contributed by atoms with Gasteiger partial charge in [0.25, 0.3) is 0 Å². The topological polar surface area (TPSA) is 0 Å². The molecule has 0 atom stereocenters. The summed E-state index contributed by atoms with van der Waals surface area (Å²) in [6.45, 7) is 4.49. The van der Waals surface area contributed by atoms with E-state index in [4.69, 9.17) is 0 Å². The summed E-state index contributed by atoms with van der Waals surface area (Å²) < 4.78 is 0. The van der Waals surface area contributed by atoms with Gasteiger partial charge in [-0.05, 0) is 25.7 Å². The summed E-state index contributed by atoms with van der Waals surface area (Å²) in [7, 11) is 0. The minimum atomic E-state index is 1.08. The standard InChI is InChI=1S/C20H36/c1-3-5-7-9-11-13-15-17-19-20-18-16-14-12-10-8-6-4-2/h7,9,11,13,17,19H,3-6,8,10,12,14-16,18,20H2,1-2H3/b9-7+,13-11-,19-17-. The molecule has 116 valence electrons. The van der Waals surface area contributed by atoms with Gasteiger partial charge < -0.3 is 0 Å². The molecule has 0 nitrogen and oxygen atoms in total. The van der Waals surface area contributed by atoms with E-state index >= 15 is 0 Å². The number of rotatable bonds is 14. The van der Waals surface area contributed by atoms with E-state index in [9.17, 15) is 0 Å². The number of allylic oxidation sites excluding steroid dienone is 6. The second-order valence-electron chi connectivity index (χ2n) is 5.62. The third-order valence-corrected chi connectivity index (χ3v) is 3.50. The fourth-order valence-corrected chi connectivity index (χ4v) is 2.19. The molecule has 0 aromatic heterocycles. The molecule has 0 aliphatic rings. The fourth-order valence-electron chi connectivity index (χ4n) is 2.19. The highest BCUT2D eigenvalue weighted by Crippen LogP contribution is 2.09. The SMILES string of the molecule is CCC/C=C/C=C\C/C=C\CCCCCCCCCC. The van der Waals surface area contributed by atoms with E-state index in [1.54, 1.807) is 0 Å². The average molecular weight is 277 g/mol. The summed E-state index contributed by atoms with van der Waals surface area (Å²) in [4.78, 5) is 0. The smallest absolute Gasteiger partial charge is 0.0166 e. The number of unbranched alkanes of at least 4 members (excludes halogenated alkanes) is 9. The second kappa shape index (κ2) is 18.2. The molecule has 0 amide bonds. The highest BCUT2D eigenvalue weighted by molar-refractivity contribution is 5.04. The Bertz CT molecular complexity index is 245. The van der Waals surface area contributed by atoms with Crippen LogP contribution in [-0.4, -0.2) is 0 Å². The zero-order valence-electron chi connectivity index (χ0n) is 13.9. The lowest BCUT2D eigenvalue weighted by Crippen LogP contribution is -1.79. The van der Waals surface area contributed by atoms with Crippen LogP contribution in [0.5, 0.6) is 0 Å². The second-order valence-corrected chi connectivity index (χ2v) is 5.62. The summed E-state index contributed by atoms with van der Waals surface area (Å²) in [5.74, 6) is 0. The quantitative estimate of drug-likeness (QED) is 0.176. The molecule has 0 aliphatic carbocycles. The van der Waals surface area contributed by atoms with Crippen LogP contribution in [0.25, 0.3) is 0 Å². The first-order valence-electron chi connectivity index (χ1n) is 8.88. The van der Waals surface area contributed by atoms with Crippen molar-refractivity contribution in [3.05, 3.63) is 36.5 Å². The van der Waals surface area contributed by atoms with Gasteiger partial charge in [-0.25, -0.2) is 0 Å². The summed E-state index contributed by atoms with van der Waals surface area (Å²) in [6.07, 6.45) is 29.5. The molecule has 0 rings (SSSR count). The van der Waals surface area contributed by atoms with Crippen LogP contribution < -0.4 is 0 Å². The van der Waals surface area contributed by atoms with E-state index < -0.39 is 0 Å². The largest absolute Gasteiger partial charge is 0.0882 e. The third kappa shape index (κ3) is 17.2. The van der Waals surface area contributed by atoms with Gasteiger partial charge in [-0.2, -0.15) is 0 Å². The zero-order chi connectivity index (χ0) is 14.7. The van der Waals surface area contributed by atoms with Gasteiger partial charge in [0.05, 0.1) is 0 Å². The first-order chi connectivity index (χ1) is 9.91. The van der Waals surface area contributed by atoms with Crippen LogP contribution in [-0.2, 0) is 0 Å². The molecule has 0 unspecified atom stereocenters. The van der Waals surface area contributed by atoms with Gasteiger partial charge in [0.15, 0.2) is 0 Å². The van der Waals surface area contributed by atoms with Gasteiger partial charge in [0.1, 0.15) is 0 Å². The van der Waals surface area contributed by atoms with Gasteiger partial charge in [0.2, 0.25) is 0 Å². The molecule has 0 heterocycles. The van der Waals surface area contributed by atoms with E-state index in [2.05, 4.69) is 50.3 Å². The normalized spacial score (nSPS) is 12.3. The van der Waals surface area contributed by atoms with Crippen molar-refractivity contribution in [1.29, 1.82) is 0 Å². The Balaban J connectivity index is 3.19. The molecule has 0 saturated heterocycles. The van der Waals surface area contributed by atoms with E-state index in [0.29, 0.717) is 0 Å². The minimum Gasteiger partial charge on any atom is -0.0882 e. The van der Waals surface area contributed by atoms with Crippen LogP contribution in [0.4, 0.5) is 0 Å². The Morgan fingerprint density at radius 2 is 1.15 bits per heavy atom. The van der Waals surface area contributed by atoms with Gasteiger partial charge in [-0.3, -0.25) is 0 Å². The highest BCUT2D eigenvalue weighted by atomic mass is 14.0. The van der Waals surface area contributed by atoms with Crippen molar-refractivity contribution in [3.63, 3.8) is 0 Å². The van der Waals surface area contributed by atoms with Crippen molar-refractivity contribution in [2.24, 2.45) is 0 Å². The molecule has 0 aromatic rings. The monoisotopic (exact) mass is 276 g/mol. The predicted molar refractivity (Wildman–Crippen MR) is 94.2 cm³/mol. The van der Waals surface area contributed by atoms with Gasteiger partial charge >= 0.3 is 0 Å².